The van der Waals surface area contributed by atoms with Gasteiger partial charge < -0.3 is 20.3 Å². The molecular weight excluding hydrogens is 402 g/mol. The monoisotopic (exact) mass is 423 g/mol. The van der Waals surface area contributed by atoms with Crippen molar-refractivity contribution in [2.24, 2.45) is 0 Å². The van der Waals surface area contributed by atoms with Gasteiger partial charge in [-0.15, -0.1) is 0 Å². The van der Waals surface area contributed by atoms with Gasteiger partial charge in [-0.1, -0.05) is 54.1 Å². The van der Waals surface area contributed by atoms with Crippen molar-refractivity contribution in [2.75, 3.05) is 13.1 Å². The van der Waals surface area contributed by atoms with Gasteiger partial charge in [0.25, 0.3) is 11.8 Å². The number of amides is 2. The Labute approximate surface area is 179 Å². The van der Waals surface area contributed by atoms with E-state index < -0.39 is 24.0 Å². The van der Waals surface area contributed by atoms with E-state index in [1.165, 1.54) is 0 Å². The van der Waals surface area contributed by atoms with Crippen molar-refractivity contribution in [2.45, 2.75) is 18.6 Å². The van der Waals surface area contributed by atoms with Crippen molar-refractivity contribution in [1.82, 2.24) is 15.2 Å². The lowest BCUT2D eigenvalue weighted by atomic mass is 10.00. The van der Waals surface area contributed by atoms with Gasteiger partial charge in [0.05, 0.1) is 6.04 Å². The summed E-state index contributed by atoms with van der Waals surface area (Å²) in [5.74, 6) is -0.792. The molecule has 2 atom stereocenters. The highest BCUT2D eigenvalue weighted by molar-refractivity contribution is 6.31. The molecule has 0 saturated heterocycles. The molecule has 2 aromatic carbocycles. The number of nitrogens with one attached hydrogen (secondary N) is 2. The first kappa shape index (κ1) is 20.2. The van der Waals surface area contributed by atoms with E-state index in [-0.39, 0.29) is 0 Å². The molecule has 4 rings (SSSR count). The minimum absolute atomic E-state index is 0.326. The number of aliphatic hydroxyl groups excluding tert-OH is 1. The third-order valence-corrected chi connectivity index (χ3v) is 5.44. The minimum Gasteiger partial charge on any atom is -0.381 e. The number of aliphatic hydroxyl groups is 1. The van der Waals surface area contributed by atoms with E-state index in [0.29, 0.717) is 30.2 Å². The molecule has 0 spiro atoms. The molecule has 2 amide bonds. The molecular formula is C23H22ClN3O3. The van der Waals surface area contributed by atoms with E-state index in [2.05, 4.69) is 10.3 Å². The molecule has 0 fully saturated rings. The SMILES string of the molecule is O=C(N[C@@H](Cc1ccccc1)[C@@H](O)C(=O)N1CC=CC1)c1cc2cc(Cl)ccc2[nH]1. The molecule has 3 N–H and O–H groups in total. The number of hydrogen-bond donors (Lipinski definition) is 3. The molecule has 30 heavy (non-hydrogen) atoms. The van der Waals surface area contributed by atoms with Crippen LogP contribution in [0.3, 0.4) is 0 Å². The van der Waals surface area contributed by atoms with Crippen LogP contribution in [0, 0.1) is 0 Å². The van der Waals surface area contributed by atoms with Crippen LogP contribution in [0.1, 0.15) is 16.1 Å². The van der Waals surface area contributed by atoms with Gasteiger partial charge in [0.2, 0.25) is 0 Å². The first-order chi connectivity index (χ1) is 14.5. The van der Waals surface area contributed by atoms with Gasteiger partial charge in [-0.05, 0) is 36.2 Å². The molecule has 0 bridgehead atoms. The largest absolute Gasteiger partial charge is 0.381 e. The van der Waals surface area contributed by atoms with Crippen LogP contribution in [0.4, 0.5) is 0 Å². The molecule has 1 aliphatic heterocycles. The maximum Gasteiger partial charge on any atom is 0.268 e. The van der Waals surface area contributed by atoms with Crippen LogP contribution in [0.15, 0.2) is 66.7 Å². The molecule has 154 valence electrons. The Balaban J connectivity index is 1.55. The summed E-state index contributed by atoms with van der Waals surface area (Å²) in [5.41, 5.74) is 2.04. The zero-order valence-electron chi connectivity index (χ0n) is 16.2. The summed E-state index contributed by atoms with van der Waals surface area (Å²) < 4.78 is 0. The number of aromatic amines is 1. The van der Waals surface area contributed by atoms with Gasteiger partial charge in [0.1, 0.15) is 5.69 Å². The predicted octanol–water partition coefficient (Wildman–Crippen LogP) is 2.92. The summed E-state index contributed by atoms with van der Waals surface area (Å²) in [5, 5.41) is 15.0. The average Bonchev–Trinajstić information content (AvgIpc) is 3.42. The van der Waals surface area contributed by atoms with E-state index in [9.17, 15) is 14.7 Å². The number of carbonyl (C=O) groups excluding carboxylic acids is 2. The van der Waals surface area contributed by atoms with E-state index >= 15 is 0 Å². The highest BCUT2D eigenvalue weighted by Gasteiger charge is 2.32. The second-order valence-electron chi connectivity index (χ2n) is 7.34. The van der Waals surface area contributed by atoms with Crippen molar-refractivity contribution in [3.63, 3.8) is 0 Å². The maximum atomic E-state index is 12.9. The number of fused-ring (bicyclic) bond motifs is 1. The number of nitrogens with zero attached hydrogens (tertiary/aromatic N) is 1. The van der Waals surface area contributed by atoms with Crippen LogP contribution in [0.25, 0.3) is 10.9 Å². The molecule has 3 aromatic rings. The summed E-state index contributed by atoms with van der Waals surface area (Å²) in [7, 11) is 0. The summed E-state index contributed by atoms with van der Waals surface area (Å²) in [6.45, 7) is 0.926. The lowest BCUT2D eigenvalue weighted by molar-refractivity contribution is -0.140. The number of aromatic nitrogens is 1. The number of hydrogen-bond acceptors (Lipinski definition) is 3. The standard InChI is InChI=1S/C23H22ClN3O3/c24-17-8-9-18-16(13-17)14-20(25-18)22(29)26-19(12-15-6-2-1-3-7-15)21(28)23(30)27-10-4-5-11-27/h1-9,13-14,19,21,25,28H,10-12H2,(H,26,29)/t19-,21+/m0/s1. The van der Waals surface area contributed by atoms with Crippen molar-refractivity contribution in [3.8, 4) is 0 Å². The van der Waals surface area contributed by atoms with Gasteiger partial charge in [-0.3, -0.25) is 9.59 Å². The third kappa shape index (κ3) is 4.40. The first-order valence-corrected chi connectivity index (χ1v) is 10.1. The van der Waals surface area contributed by atoms with Crippen LogP contribution in [0.2, 0.25) is 5.02 Å². The highest BCUT2D eigenvalue weighted by atomic mass is 35.5. The normalized spacial score (nSPS) is 15.3. The fourth-order valence-electron chi connectivity index (χ4n) is 3.60. The number of halogens is 1. The first-order valence-electron chi connectivity index (χ1n) is 9.76. The molecule has 0 unspecified atom stereocenters. The van der Waals surface area contributed by atoms with E-state index in [1.54, 1.807) is 29.2 Å². The molecule has 6 nitrogen and oxygen atoms in total. The molecule has 1 aliphatic rings. The minimum atomic E-state index is -1.35. The fourth-order valence-corrected chi connectivity index (χ4v) is 3.78. The Bertz CT molecular complexity index is 1090. The second kappa shape index (κ2) is 8.73. The zero-order valence-corrected chi connectivity index (χ0v) is 17.0. The summed E-state index contributed by atoms with van der Waals surface area (Å²) in [6.07, 6.45) is 2.73. The van der Waals surface area contributed by atoms with Gasteiger partial charge in [-0.2, -0.15) is 0 Å². The third-order valence-electron chi connectivity index (χ3n) is 5.21. The zero-order chi connectivity index (χ0) is 21.1. The summed E-state index contributed by atoms with van der Waals surface area (Å²) in [6, 6.07) is 15.7. The van der Waals surface area contributed by atoms with Crippen LogP contribution in [-0.4, -0.2) is 52.0 Å². The lowest BCUT2D eigenvalue weighted by Crippen LogP contribution is -2.52. The molecule has 0 aliphatic carbocycles. The van der Waals surface area contributed by atoms with E-state index in [1.807, 2.05) is 42.5 Å². The molecule has 7 heteroatoms. The van der Waals surface area contributed by atoms with Crippen molar-refractivity contribution >= 4 is 34.3 Å². The Morgan fingerprint density at radius 2 is 1.83 bits per heavy atom. The number of benzene rings is 2. The molecule has 2 heterocycles. The lowest BCUT2D eigenvalue weighted by Gasteiger charge is -2.27. The van der Waals surface area contributed by atoms with Crippen molar-refractivity contribution < 1.29 is 14.7 Å². The highest BCUT2D eigenvalue weighted by Crippen LogP contribution is 2.20. The smallest absolute Gasteiger partial charge is 0.268 e. The summed E-state index contributed by atoms with van der Waals surface area (Å²) in [4.78, 5) is 30.3. The predicted molar refractivity (Wildman–Crippen MR) is 116 cm³/mol. The van der Waals surface area contributed by atoms with E-state index in [0.717, 1.165) is 16.5 Å². The van der Waals surface area contributed by atoms with Gasteiger partial charge in [0, 0.05) is 29.0 Å². The Morgan fingerprint density at radius 1 is 1.10 bits per heavy atom. The quantitative estimate of drug-likeness (QED) is 0.533. The van der Waals surface area contributed by atoms with Gasteiger partial charge in [-0.25, -0.2) is 0 Å². The molecule has 1 aromatic heterocycles. The van der Waals surface area contributed by atoms with Crippen molar-refractivity contribution in [3.05, 3.63) is 83.0 Å². The van der Waals surface area contributed by atoms with E-state index in [4.69, 9.17) is 11.6 Å². The molecule has 0 saturated carbocycles. The van der Waals surface area contributed by atoms with Crippen LogP contribution in [0.5, 0.6) is 0 Å². The van der Waals surface area contributed by atoms with Crippen LogP contribution >= 0.6 is 11.6 Å². The second-order valence-corrected chi connectivity index (χ2v) is 7.78. The van der Waals surface area contributed by atoms with Gasteiger partial charge in [0.15, 0.2) is 6.10 Å². The fraction of sp³-hybridized carbons (Fsp3) is 0.217. The number of rotatable bonds is 6. The van der Waals surface area contributed by atoms with Crippen LogP contribution < -0.4 is 5.32 Å². The molecule has 0 radical (unpaired) electrons. The van der Waals surface area contributed by atoms with Gasteiger partial charge >= 0.3 is 0 Å². The summed E-state index contributed by atoms with van der Waals surface area (Å²) >= 11 is 6.03. The number of carbonyl (C=O) groups is 2. The average molecular weight is 424 g/mol. The van der Waals surface area contributed by atoms with Crippen LogP contribution in [-0.2, 0) is 11.2 Å². The Hall–Kier alpha value is -3.09. The maximum absolute atomic E-state index is 12.9. The topological polar surface area (TPSA) is 85.4 Å². The number of H-pyrrole nitrogens is 1. The van der Waals surface area contributed by atoms with Crippen molar-refractivity contribution in [1.29, 1.82) is 0 Å². The Kier molecular flexibility index (Phi) is 5.88. The Morgan fingerprint density at radius 3 is 2.57 bits per heavy atom.